The molecule has 0 aromatic heterocycles. The van der Waals surface area contributed by atoms with Crippen molar-refractivity contribution in [3.05, 3.63) is 64.1 Å². The first-order chi connectivity index (χ1) is 10.9. The van der Waals surface area contributed by atoms with Crippen molar-refractivity contribution in [2.75, 3.05) is 14.1 Å². The lowest BCUT2D eigenvalue weighted by molar-refractivity contribution is -0.138. The molecule has 0 aliphatic rings. The van der Waals surface area contributed by atoms with E-state index in [1.807, 2.05) is 6.07 Å². The van der Waals surface area contributed by atoms with E-state index in [2.05, 4.69) is 15.9 Å². The number of rotatable bonds is 4. The Balaban J connectivity index is 2.32. The third kappa shape index (κ3) is 4.10. The summed E-state index contributed by atoms with van der Waals surface area (Å²) < 4.78 is 5.99. The molecule has 0 fully saturated rings. The maximum atomic E-state index is 12.4. The van der Waals surface area contributed by atoms with Gasteiger partial charge in [0.2, 0.25) is 6.10 Å². The number of aromatic hydroxyl groups is 1. The van der Waals surface area contributed by atoms with Crippen molar-refractivity contribution in [2.45, 2.75) is 6.10 Å². The number of ether oxygens (including phenoxy) is 1. The number of carbonyl (C=O) groups is 2. The van der Waals surface area contributed by atoms with Crippen LogP contribution in [0.2, 0.25) is 0 Å². The summed E-state index contributed by atoms with van der Waals surface area (Å²) in [5, 5.41) is 9.82. The molecule has 0 bridgehead atoms. The fourth-order valence-electron chi connectivity index (χ4n) is 1.97. The van der Waals surface area contributed by atoms with Crippen LogP contribution in [0, 0.1) is 0 Å². The summed E-state index contributed by atoms with van der Waals surface area (Å²) in [6, 6.07) is 13.2. The van der Waals surface area contributed by atoms with Crippen molar-refractivity contribution >= 4 is 27.8 Å². The Hall–Kier alpha value is -2.34. The Labute approximate surface area is 142 Å². The molecule has 0 unspecified atom stereocenters. The number of hydrogen-bond acceptors (Lipinski definition) is 4. The molecular weight excluding hydrogens is 362 g/mol. The van der Waals surface area contributed by atoms with Crippen LogP contribution in [-0.2, 0) is 9.53 Å². The van der Waals surface area contributed by atoms with Crippen molar-refractivity contribution in [2.24, 2.45) is 0 Å². The van der Waals surface area contributed by atoms with Crippen molar-refractivity contribution in [3.63, 3.8) is 0 Å². The lowest BCUT2D eigenvalue weighted by Crippen LogP contribution is -2.31. The topological polar surface area (TPSA) is 66.8 Å². The van der Waals surface area contributed by atoms with Gasteiger partial charge in [0.25, 0.3) is 5.91 Å². The second kappa shape index (κ2) is 7.28. The van der Waals surface area contributed by atoms with E-state index in [9.17, 15) is 14.7 Å². The summed E-state index contributed by atoms with van der Waals surface area (Å²) in [5.41, 5.74) is 0.556. The zero-order valence-electron chi connectivity index (χ0n) is 12.7. The molecular formula is C17H16BrNO4. The van der Waals surface area contributed by atoms with Crippen LogP contribution < -0.4 is 0 Å². The van der Waals surface area contributed by atoms with E-state index in [4.69, 9.17) is 4.74 Å². The average molecular weight is 378 g/mol. The van der Waals surface area contributed by atoms with Gasteiger partial charge in [0.15, 0.2) is 0 Å². The molecule has 23 heavy (non-hydrogen) atoms. The Morgan fingerprint density at radius 3 is 2.39 bits per heavy atom. The molecule has 6 heteroatoms. The zero-order valence-corrected chi connectivity index (χ0v) is 14.3. The highest BCUT2D eigenvalue weighted by Crippen LogP contribution is 2.26. The van der Waals surface area contributed by atoms with Crippen LogP contribution in [0.5, 0.6) is 5.75 Å². The Bertz CT molecular complexity index is 716. The number of likely N-dealkylation sites (N-methyl/N-ethyl adjacent to an activating group) is 1. The number of hydrogen-bond donors (Lipinski definition) is 1. The quantitative estimate of drug-likeness (QED) is 0.831. The molecule has 2 rings (SSSR count). The van der Waals surface area contributed by atoms with E-state index in [0.29, 0.717) is 10.0 Å². The molecule has 1 amide bonds. The monoisotopic (exact) mass is 377 g/mol. The molecule has 2 aromatic rings. The standard InChI is InChI=1S/C17H16BrNO4/c1-19(2)16(21)15(11-6-4-3-5-7-11)23-17(22)13-10-12(18)8-9-14(13)20/h3-10,15,20H,1-2H3/t15-/m1/s1. The minimum absolute atomic E-state index is 0.00753. The number of esters is 1. The van der Waals surface area contributed by atoms with Crippen molar-refractivity contribution < 1.29 is 19.4 Å². The number of phenols is 1. The van der Waals surface area contributed by atoms with Crippen LogP contribution in [0.1, 0.15) is 22.0 Å². The van der Waals surface area contributed by atoms with Gasteiger partial charge >= 0.3 is 5.97 Å². The molecule has 120 valence electrons. The summed E-state index contributed by atoms with van der Waals surface area (Å²) in [5.74, 6) is -1.34. The number of benzene rings is 2. The highest BCUT2D eigenvalue weighted by molar-refractivity contribution is 9.10. The highest BCUT2D eigenvalue weighted by Gasteiger charge is 2.28. The van der Waals surface area contributed by atoms with E-state index >= 15 is 0 Å². The van der Waals surface area contributed by atoms with Crippen molar-refractivity contribution in [1.82, 2.24) is 4.90 Å². The second-order valence-electron chi connectivity index (χ2n) is 5.09. The van der Waals surface area contributed by atoms with Gasteiger partial charge < -0.3 is 14.7 Å². The van der Waals surface area contributed by atoms with Crippen LogP contribution >= 0.6 is 15.9 Å². The molecule has 0 saturated heterocycles. The Morgan fingerprint density at radius 2 is 1.78 bits per heavy atom. The van der Waals surface area contributed by atoms with Crippen molar-refractivity contribution in [1.29, 1.82) is 0 Å². The Morgan fingerprint density at radius 1 is 1.13 bits per heavy atom. The van der Waals surface area contributed by atoms with Gasteiger partial charge in [-0.05, 0) is 18.2 Å². The van der Waals surface area contributed by atoms with Crippen LogP contribution in [0.15, 0.2) is 53.0 Å². The van der Waals surface area contributed by atoms with E-state index in [1.54, 1.807) is 44.4 Å². The fourth-order valence-corrected chi connectivity index (χ4v) is 2.33. The van der Waals surface area contributed by atoms with Crippen molar-refractivity contribution in [3.8, 4) is 5.75 Å². The predicted molar refractivity (Wildman–Crippen MR) is 89.1 cm³/mol. The first-order valence-corrected chi connectivity index (χ1v) is 7.65. The van der Waals surface area contributed by atoms with E-state index < -0.39 is 12.1 Å². The van der Waals surface area contributed by atoms with Crippen LogP contribution in [0.4, 0.5) is 0 Å². The average Bonchev–Trinajstić information content (AvgIpc) is 2.54. The SMILES string of the molecule is CN(C)C(=O)[C@H](OC(=O)c1cc(Br)ccc1O)c1ccccc1. The maximum absolute atomic E-state index is 12.4. The summed E-state index contributed by atoms with van der Waals surface area (Å²) in [4.78, 5) is 26.0. The smallest absolute Gasteiger partial charge is 0.343 e. The molecule has 0 radical (unpaired) electrons. The third-order valence-corrected chi connectivity index (χ3v) is 3.66. The summed E-state index contributed by atoms with van der Waals surface area (Å²) >= 11 is 3.23. The molecule has 2 aromatic carbocycles. The van der Waals surface area contributed by atoms with Gasteiger partial charge in [0.1, 0.15) is 11.3 Å². The van der Waals surface area contributed by atoms with Gasteiger partial charge in [-0.1, -0.05) is 46.3 Å². The molecule has 0 saturated carbocycles. The second-order valence-corrected chi connectivity index (χ2v) is 6.01. The van der Waals surface area contributed by atoms with Gasteiger partial charge in [0, 0.05) is 24.1 Å². The summed E-state index contributed by atoms with van der Waals surface area (Å²) in [6.45, 7) is 0. The van der Waals surface area contributed by atoms with E-state index in [-0.39, 0.29) is 17.2 Å². The number of halogens is 1. The maximum Gasteiger partial charge on any atom is 0.343 e. The fraction of sp³-hybridized carbons (Fsp3) is 0.176. The van der Waals surface area contributed by atoms with Gasteiger partial charge in [-0.3, -0.25) is 4.79 Å². The molecule has 0 heterocycles. The molecule has 0 spiro atoms. The summed E-state index contributed by atoms with van der Waals surface area (Å²) in [7, 11) is 3.17. The minimum Gasteiger partial charge on any atom is -0.507 e. The number of phenolic OH excluding ortho intramolecular Hbond substituents is 1. The molecule has 0 aliphatic carbocycles. The number of amides is 1. The highest BCUT2D eigenvalue weighted by atomic mass is 79.9. The van der Waals surface area contributed by atoms with E-state index in [1.165, 1.54) is 17.0 Å². The molecule has 1 N–H and O–H groups in total. The van der Waals surface area contributed by atoms with Gasteiger partial charge in [-0.25, -0.2) is 4.79 Å². The zero-order chi connectivity index (χ0) is 17.0. The van der Waals surface area contributed by atoms with E-state index in [0.717, 1.165) is 0 Å². The molecule has 1 atom stereocenters. The van der Waals surface area contributed by atoms with Gasteiger partial charge in [-0.2, -0.15) is 0 Å². The number of nitrogens with zero attached hydrogens (tertiary/aromatic N) is 1. The lowest BCUT2D eigenvalue weighted by atomic mass is 10.1. The minimum atomic E-state index is -1.07. The van der Waals surface area contributed by atoms with Crippen LogP contribution in [-0.4, -0.2) is 36.0 Å². The van der Waals surface area contributed by atoms with Gasteiger partial charge in [-0.15, -0.1) is 0 Å². The molecule has 5 nitrogen and oxygen atoms in total. The lowest BCUT2D eigenvalue weighted by Gasteiger charge is -2.21. The first-order valence-electron chi connectivity index (χ1n) is 6.85. The van der Waals surface area contributed by atoms with Crippen LogP contribution in [0.3, 0.4) is 0 Å². The predicted octanol–water partition coefficient (Wildman–Crippen LogP) is 3.14. The van der Waals surface area contributed by atoms with Gasteiger partial charge in [0.05, 0.1) is 0 Å². The molecule has 0 aliphatic heterocycles. The first kappa shape index (κ1) is 17.0. The Kier molecular flexibility index (Phi) is 5.39. The normalized spacial score (nSPS) is 11.6. The van der Waals surface area contributed by atoms with Crippen LogP contribution in [0.25, 0.3) is 0 Å². The largest absolute Gasteiger partial charge is 0.507 e. The number of carbonyl (C=O) groups excluding carboxylic acids is 2. The summed E-state index contributed by atoms with van der Waals surface area (Å²) in [6.07, 6.45) is -1.07. The third-order valence-electron chi connectivity index (χ3n) is 3.17.